The molecular formula is C19H25ClN4O2. The number of nitrogens with one attached hydrogen (secondary N) is 2. The summed E-state index contributed by atoms with van der Waals surface area (Å²) < 4.78 is 7.64. The Labute approximate surface area is 159 Å². The van der Waals surface area contributed by atoms with E-state index in [1.807, 2.05) is 19.4 Å². The molecule has 1 fully saturated rings. The predicted octanol–water partition coefficient (Wildman–Crippen LogP) is 2.01. The second-order valence-corrected chi connectivity index (χ2v) is 7.12. The van der Waals surface area contributed by atoms with Crippen LogP contribution in [0.25, 0.3) is 0 Å². The molecule has 2 aromatic rings. The molecule has 1 saturated heterocycles. The Morgan fingerprint density at radius 2 is 2.15 bits per heavy atom. The van der Waals surface area contributed by atoms with Gasteiger partial charge in [-0.2, -0.15) is 5.10 Å². The summed E-state index contributed by atoms with van der Waals surface area (Å²) in [5.74, 6) is 1.09. The van der Waals surface area contributed by atoms with Crippen molar-refractivity contribution in [1.29, 1.82) is 0 Å². The number of carbonyl (C=O) groups is 1. The van der Waals surface area contributed by atoms with Crippen LogP contribution in [0.15, 0.2) is 24.5 Å². The van der Waals surface area contributed by atoms with E-state index in [9.17, 15) is 4.79 Å². The molecule has 1 aromatic heterocycles. The fourth-order valence-corrected chi connectivity index (χ4v) is 3.87. The first-order valence-corrected chi connectivity index (χ1v) is 8.77. The molecule has 7 heteroatoms. The second kappa shape index (κ2) is 7.29. The molecular weight excluding hydrogens is 352 g/mol. The van der Waals surface area contributed by atoms with Gasteiger partial charge in [-0.1, -0.05) is 12.1 Å². The van der Waals surface area contributed by atoms with Crippen LogP contribution in [0.3, 0.4) is 0 Å². The molecule has 26 heavy (non-hydrogen) atoms. The van der Waals surface area contributed by atoms with Crippen molar-refractivity contribution < 1.29 is 9.53 Å². The van der Waals surface area contributed by atoms with Gasteiger partial charge in [0.05, 0.1) is 18.2 Å². The van der Waals surface area contributed by atoms with Crippen LogP contribution in [0.2, 0.25) is 0 Å². The van der Waals surface area contributed by atoms with Crippen LogP contribution in [0.4, 0.5) is 0 Å². The SMILES string of the molecule is Cc1ccc2c(c1C)OCC2NC(=O)[C@H]1CNC[C@@H]1c1cnn(C)c1.Cl. The van der Waals surface area contributed by atoms with Gasteiger partial charge in [-0.25, -0.2) is 0 Å². The molecule has 2 N–H and O–H groups in total. The van der Waals surface area contributed by atoms with Gasteiger partial charge >= 0.3 is 0 Å². The predicted molar refractivity (Wildman–Crippen MR) is 102 cm³/mol. The largest absolute Gasteiger partial charge is 0.490 e. The lowest BCUT2D eigenvalue weighted by Gasteiger charge is -2.20. The van der Waals surface area contributed by atoms with Crippen LogP contribution in [-0.2, 0) is 11.8 Å². The van der Waals surface area contributed by atoms with Crippen LogP contribution in [-0.4, -0.2) is 35.4 Å². The lowest BCUT2D eigenvalue weighted by atomic mass is 9.90. The third-order valence-corrected chi connectivity index (χ3v) is 5.50. The van der Waals surface area contributed by atoms with Crippen molar-refractivity contribution in [3.63, 3.8) is 0 Å². The number of fused-ring (bicyclic) bond motifs is 1. The summed E-state index contributed by atoms with van der Waals surface area (Å²) in [7, 11) is 1.90. The molecule has 0 saturated carbocycles. The van der Waals surface area contributed by atoms with E-state index < -0.39 is 0 Å². The molecule has 1 amide bonds. The van der Waals surface area contributed by atoms with Gasteiger partial charge in [0.1, 0.15) is 12.4 Å². The Morgan fingerprint density at radius 3 is 2.88 bits per heavy atom. The molecule has 0 bridgehead atoms. The van der Waals surface area contributed by atoms with Gasteiger partial charge in [0.25, 0.3) is 0 Å². The zero-order valence-electron chi connectivity index (χ0n) is 15.3. The lowest BCUT2D eigenvalue weighted by Crippen LogP contribution is -2.37. The minimum Gasteiger partial charge on any atom is -0.490 e. The fourth-order valence-electron chi connectivity index (χ4n) is 3.87. The number of hydrogen-bond acceptors (Lipinski definition) is 4. The van der Waals surface area contributed by atoms with Gasteiger partial charge in [-0.05, 0) is 30.5 Å². The second-order valence-electron chi connectivity index (χ2n) is 7.12. The van der Waals surface area contributed by atoms with Crippen molar-refractivity contribution in [2.75, 3.05) is 19.7 Å². The van der Waals surface area contributed by atoms with E-state index in [1.54, 1.807) is 4.68 Å². The Kier molecular flexibility index (Phi) is 5.25. The third kappa shape index (κ3) is 3.19. The summed E-state index contributed by atoms with van der Waals surface area (Å²) in [5, 5.41) is 10.8. The lowest BCUT2D eigenvalue weighted by molar-refractivity contribution is -0.125. The van der Waals surface area contributed by atoms with Crippen LogP contribution < -0.4 is 15.4 Å². The maximum atomic E-state index is 12.9. The Hall–Kier alpha value is -2.05. The first-order chi connectivity index (χ1) is 12.0. The highest BCUT2D eigenvalue weighted by Gasteiger charge is 2.37. The van der Waals surface area contributed by atoms with E-state index in [2.05, 4.69) is 41.7 Å². The summed E-state index contributed by atoms with van der Waals surface area (Å²) in [6, 6.07) is 4.09. The molecule has 2 aliphatic heterocycles. The molecule has 6 nitrogen and oxygen atoms in total. The smallest absolute Gasteiger partial charge is 0.225 e. The molecule has 1 aromatic carbocycles. The van der Waals surface area contributed by atoms with Gasteiger partial charge in [-0.15, -0.1) is 12.4 Å². The summed E-state index contributed by atoms with van der Waals surface area (Å²) in [5.41, 5.74) is 4.56. The molecule has 4 rings (SSSR count). The molecule has 3 atom stereocenters. The number of amides is 1. The van der Waals surface area contributed by atoms with E-state index in [0.717, 1.165) is 29.0 Å². The normalized spacial score (nSPS) is 23.9. The minimum atomic E-state index is -0.0835. The van der Waals surface area contributed by atoms with Crippen LogP contribution in [0, 0.1) is 19.8 Å². The highest BCUT2D eigenvalue weighted by Crippen LogP contribution is 2.37. The fraction of sp³-hybridized carbons (Fsp3) is 0.474. The Bertz CT molecular complexity index is 820. The summed E-state index contributed by atoms with van der Waals surface area (Å²) in [4.78, 5) is 12.9. The molecule has 1 unspecified atom stereocenters. The number of benzene rings is 1. The molecule has 0 aliphatic carbocycles. The van der Waals surface area contributed by atoms with Crippen molar-refractivity contribution in [2.45, 2.75) is 25.8 Å². The van der Waals surface area contributed by atoms with Crippen LogP contribution in [0.5, 0.6) is 5.75 Å². The highest BCUT2D eigenvalue weighted by atomic mass is 35.5. The average molecular weight is 377 g/mol. The number of aromatic nitrogens is 2. The number of ether oxygens (including phenoxy) is 1. The summed E-state index contributed by atoms with van der Waals surface area (Å²) >= 11 is 0. The Morgan fingerprint density at radius 1 is 1.35 bits per heavy atom. The monoisotopic (exact) mass is 376 g/mol. The highest BCUT2D eigenvalue weighted by molar-refractivity contribution is 5.85. The minimum absolute atomic E-state index is 0. The summed E-state index contributed by atoms with van der Waals surface area (Å²) in [6.45, 7) is 6.15. The molecule has 3 heterocycles. The van der Waals surface area contributed by atoms with E-state index in [-0.39, 0.29) is 36.2 Å². The van der Waals surface area contributed by atoms with Crippen molar-refractivity contribution in [1.82, 2.24) is 20.4 Å². The van der Waals surface area contributed by atoms with Gasteiger partial charge in [-0.3, -0.25) is 9.48 Å². The molecule has 2 aliphatic rings. The number of halogens is 1. The topological polar surface area (TPSA) is 68.2 Å². The van der Waals surface area contributed by atoms with E-state index >= 15 is 0 Å². The number of hydrogen-bond donors (Lipinski definition) is 2. The number of aryl methyl sites for hydroxylation is 2. The Balaban J connectivity index is 0.00000196. The van der Waals surface area contributed by atoms with Crippen LogP contribution >= 0.6 is 12.4 Å². The summed E-state index contributed by atoms with van der Waals surface area (Å²) in [6.07, 6.45) is 3.86. The first kappa shape index (κ1) is 18.7. The quantitative estimate of drug-likeness (QED) is 0.859. The van der Waals surface area contributed by atoms with E-state index in [0.29, 0.717) is 13.2 Å². The van der Waals surface area contributed by atoms with Crippen molar-refractivity contribution >= 4 is 18.3 Å². The van der Waals surface area contributed by atoms with Gasteiger partial charge in [0.2, 0.25) is 5.91 Å². The third-order valence-electron chi connectivity index (χ3n) is 5.50. The first-order valence-electron chi connectivity index (χ1n) is 8.77. The average Bonchev–Trinajstić information content (AvgIpc) is 3.30. The molecule has 140 valence electrons. The van der Waals surface area contributed by atoms with Gasteiger partial charge in [0, 0.05) is 37.8 Å². The number of carbonyl (C=O) groups excluding carboxylic acids is 1. The van der Waals surface area contributed by atoms with Crippen LogP contribution in [0.1, 0.15) is 34.2 Å². The number of rotatable bonds is 3. The maximum absolute atomic E-state index is 12.9. The van der Waals surface area contributed by atoms with Crippen molar-refractivity contribution in [2.24, 2.45) is 13.0 Å². The van der Waals surface area contributed by atoms with Crippen molar-refractivity contribution in [3.05, 3.63) is 46.8 Å². The molecule has 0 spiro atoms. The standard InChI is InChI=1S/C19H24N4O2.ClH/c1-11-4-5-14-17(10-25-18(14)12(11)2)22-19(24)16-8-20-7-15(16)13-6-21-23(3)9-13;/h4-6,9,15-17,20H,7-8,10H2,1-3H3,(H,22,24);1H/t15-,16+,17?;/m1./s1. The molecule has 0 radical (unpaired) electrons. The zero-order chi connectivity index (χ0) is 17.6. The number of nitrogens with zero attached hydrogens (tertiary/aromatic N) is 2. The van der Waals surface area contributed by atoms with Gasteiger partial charge in [0.15, 0.2) is 0 Å². The van der Waals surface area contributed by atoms with E-state index in [4.69, 9.17) is 4.74 Å². The van der Waals surface area contributed by atoms with Gasteiger partial charge < -0.3 is 15.4 Å². The van der Waals surface area contributed by atoms with Crippen molar-refractivity contribution in [3.8, 4) is 5.75 Å². The van der Waals surface area contributed by atoms with E-state index in [1.165, 1.54) is 5.56 Å². The maximum Gasteiger partial charge on any atom is 0.225 e. The zero-order valence-corrected chi connectivity index (χ0v) is 16.1.